The summed E-state index contributed by atoms with van der Waals surface area (Å²) >= 11 is 0. The van der Waals surface area contributed by atoms with Crippen molar-refractivity contribution in [3.05, 3.63) is 65.2 Å². The molecule has 142 valence electrons. The summed E-state index contributed by atoms with van der Waals surface area (Å²) in [5.41, 5.74) is 2.10. The van der Waals surface area contributed by atoms with Gasteiger partial charge in [0.2, 0.25) is 11.8 Å². The van der Waals surface area contributed by atoms with Crippen LogP contribution in [0.4, 0.5) is 4.39 Å². The van der Waals surface area contributed by atoms with Crippen molar-refractivity contribution in [1.82, 2.24) is 20.5 Å². The summed E-state index contributed by atoms with van der Waals surface area (Å²) < 4.78 is 13.6. The fraction of sp³-hybridized carbons (Fsp3) is 0.350. The molecule has 0 aliphatic carbocycles. The van der Waals surface area contributed by atoms with Crippen molar-refractivity contribution < 1.29 is 14.0 Å². The van der Waals surface area contributed by atoms with Crippen LogP contribution in [0.15, 0.2) is 42.6 Å². The first-order chi connectivity index (χ1) is 13.0. The topological polar surface area (TPSA) is 74.3 Å². The Morgan fingerprint density at radius 3 is 2.96 bits per heavy atom. The number of nitrogens with zero attached hydrogens (tertiary/aromatic N) is 2. The number of halogens is 1. The van der Waals surface area contributed by atoms with Gasteiger partial charge in [0.15, 0.2) is 0 Å². The monoisotopic (exact) mass is 370 g/mol. The van der Waals surface area contributed by atoms with Crippen LogP contribution < -0.4 is 10.6 Å². The Kier molecular flexibility index (Phi) is 6.13. The normalized spacial score (nSPS) is 17.4. The van der Waals surface area contributed by atoms with E-state index in [1.165, 1.54) is 6.07 Å². The quantitative estimate of drug-likeness (QED) is 0.809. The lowest BCUT2D eigenvalue weighted by atomic mass is 10.1. The molecule has 3 rings (SSSR count). The van der Waals surface area contributed by atoms with Crippen LogP contribution in [0.2, 0.25) is 0 Å². The van der Waals surface area contributed by atoms with Gasteiger partial charge in [-0.1, -0.05) is 18.2 Å². The molecule has 2 aromatic rings. The first kappa shape index (κ1) is 19.0. The second kappa shape index (κ2) is 8.73. The van der Waals surface area contributed by atoms with Crippen LogP contribution in [0.1, 0.15) is 23.2 Å². The van der Waals surface area contributed by atoms with E-state index in [1.54, 1.807) is 25.3 Å². The standard InChI is InChI=1S/C20H23FN4O2/c1-14-5-6-15(10-17(14)21)12-24-19(26)11-18-20(27)23-8-9-25(18)13-16-4-2-3-7-22-16/h2-7,10,18H,8-9,11-13H2,1H3,(H,23,27)(H,24,26)/t18-/m1/s1. The number of carbonyl (C=O) groups is 2. The summed E-state index contributed by atoms with van der Waals surface area (Å²) in [5, 5.41) is 5.58. The SMILES string of the molecule is Cc1ccc(CNC(=O)C[C@@H]2C(=O)NCCN2Cc2ccccn2)cc1F. The molecule has 1 saturated heterocycles. The number of piperazine rings is 1. The number of carbonyl (C=O) groups excluding carboxylic acids is 2. The van der Waals surface area contributed by atoms with Crippen LogP contribution in [0.25, 0.3) is 0 Å². The van der Waals surface area contributed by atoms with Gasteiger partial charge in [0, 0.05) is 32.4 Å². The summed E-state index contributed by atoms with van der Waals surface area (Å²) in [6.07, 6.45) is 1.76. The first-order valence-electron chi connectivity index (χ1n) is 8.96. The van der Waals surface area contributed by atoms with Crippen LogP contribution in [-0.4, -0.2) is 40.8 Å². The molecule has 0 spiro atoms. The fourth-order valence-corrected chi connectivity index (χ4v) is 3.07. The highest BCUT2D eigenvalue weighted by Crippen LogP contribution is 2.13. The third-order valence-electron chi connectivity index (χ3n) is 4.64. The molecule has 7 heteroatoms. The molecule has 1 atom stereocenters. The summed E-state index contributed by atoms with van der Waals surface area (Å²) in [4.78, 5) is 30.9. The Morgan fingerprint density at radius 2 is 2.22 bits per heavy atom. The molecular weight excluding hydrogens is 347 g/mol. The summed E-state index contributed by atoms with van der Waals surface area (Å²) in [7, 11) is 0. The van der Waals surface area contributed by atoms with Crippen LogP contribution in [0, 0.1) is 12.7 Å². The average Bonchev–Trinajstić information content (AvgIpc) is 2.66. The fourth-order valence-electron chi connectivity index (χ4n) is 3.07. The van der Waals surface area contributed by atoms with Gasteiger partial charge in [-0.3, -0.25) is 19.5 Å². The molecule has 2 N–H and O–H groups in total. The van der Waals surface area contributed by atoms with Crippen molar-refractivity contribution in [1.29, 1.82) is 0 Å². The van der Waals surface area contributed by atoms with E-state index in [4.69, 9.17) is 0 Å². The second-order valence-electron chi connectivity index (χ2n) is 6.66. The first-order valence-corrected chi connectivity index (χ1v) is 8.96. The molecule has 1 fully saturated rings. The highest BCUT2D eigenvalue weighted by molar-refractivity contribution is 5.88. The third-order valence-corrected chi connectivity index (χ3v) is 4.64. The molecule has 6 nitrogen and oxygen atoms in total. The molecule has 27 heavy (non-hydrogen) atoms. The molecule has 1 aliphatic rings. The molecule has 0 bridgehead atoms. The van der Waals surface area contributed by atoms with Gasteiger partial charge in [-0.15, -0.1) is 0 Å². The lowest BCUT2D eigenvalue weighted by Gasteiger charge is -2.34. The zero-order valence-electron chi connectivity index (χ0n) is 15.2. The second-order valence-corrected chi connectivity index (χ2v) is 6.66. The molecule has 2 heterocycles. The largest absolute Gasteiger partial charge is 0.353 e. The minimum Gasteiger partial charge on any atom is -0.353 e. The lowest BCUT2D eigenvalue weighted by molar-refractivity contribution is -0.134. The number of pyridine rings is 1. The van der Waals surface area contributed by atoms with Crippen LogP contribution in [0.5, 0.6) is 0 Å². The predicted molar refractivity (Wildman–Crippen MR) is 99.0 cm³/mol. The highest BCUT2D eigenvalue weighted by Gasteiger charge is 2.31. The number of nitrogens with one attached hydrogen (secondary N) is 2. The molecule has 0 unspecified atom stereocenters. The van der Waals surface area contributed by atoms with Crippen molar-refractivity contribution in [2.45, 2.75) is 32.5 Å². The molecule has 2 amide bonds. The number of aromatic nitrogens is 1. The van der Waals surface area contributed by atoms with Crippen molar-refractivity contribution in [2.75, 3.05) is 13.1 Å². The zero-order chi connectivity index (χ0) is 19.2. The van der Waals surface area contributed by atoms with E-state index in [0.717, 1.165) is 5.69 Å². The maximum absolute atomic E-state index is 13.6. The minimum absolute atomic E-state index is 0.0486. The Balaban J connectivity index is 1.59. The maximum Gasteiger partial charge on any atom is 0.237 e. The van der Waals surface area contributed by atoms with Crippen molar-refractivity contribution in [3.63, 3.8) is 0 Å². The Hall–Kier alpha value is -2.80. The number of aryl methyl sites for hydroxylation is 1. The van der Waals surface area contributed by atoms with Crippen LogP contribution in [-0.2, 0) is 22.7 Å². The summed E-state index contributed by atoms with van der Waals surface area (Å²) in [6.45, 7) is 3.63. The number of rotatable bonds is 6. The van der Waals surface area contributed by atoms with Gasteiger partial charge in [-0.25, -0.2) is 4.39 Å². The number of amides is 2. The van der Waals surface area contributed by atoms with Crippen molar-refractivity contribution in [2.24, 2.45) is 0 Å². The van der Waals surface area contributed by atoms with E-state index in [-0.39, 0.29) is 30.6 Å². The summed E-state index contributed by atoms with van der Waals surface area (Å²) in [5.74, 6) is -0.701. The van der Waals surface area contributed by atoms with Crippen molar-refractivity contribution in [3.8, 4) is 0 Å². The molecule has 0 saturated carbocycles. The highest BCUT2D eigenvalue weighted by atomic mass is 19.1. The molecule has 1 aliphatic heterocycles. The molecule has 1 aromatic heterocycles. The molecule has 1 aromatic carbocycles. The van der Waals surface area contributed by atoms with Gasteiger partial charge in [0.05, 0.1) is 18.2 Å². The van der Waals surface area contributed by atoms with E-state index in [0.29, 0.717) is 30.8 Å². The zero-order valence-corrected chi connectivity index (χ0v) is 15.2. The number of hydrogen-bond acceptors (Lipinski definition) is 4. The van der Waals surface area contributed by atoms with Crippen LogP contribution >= 0.6 is 0 Å². The van der Waals surface area contributed by atoms with E-state index in [2.05, 4.69) is 15.6 Å². The van der Waals surface area contributed by atoms with E-state index in [1.807, 2.05) is 23.1 Å². The van der Waals surface area contributed by atoms with Gasteiger partial charge in [-0.05, 0) is 36.2 Å². The van der Waals surface area contributed by atoms with Gasteiger partial charge < -0.3 is 10.6 Å². The Morgan fingerprint density at radius 1 is 1.37 bits per heavy atom. The van der Waals surface area contributed by atoms with Gasteiger partial charge in [0.25, 0.3) is 0 Å². The minimum atomic E-state index is -0.546. The van der Waals surface area contributed by atoms with E-state index >= 15 is 0 Å². The lowest BCUT2D eigenvalue weighted by Crippen LogP contribution is -2.56. The molecular formula is C20H23FN4O2. The average molecular weight is 370 g/mol. The van der Waals surface area contributed by atoms with Crippen LogP contribution in [0.3, 0.4) is 0 Å². The summed E-state index contributed by atoms with van der Waals surface area (Å²) in [6, 6.07) is 9.96. The van der Waals surface area contributed by atoms with Gasteiger partial charge in [0.1, 0.15) is 5.82 Å². The van der Waals surface area contributed by atoms with E-state index < -0.39 is 6.04 Å². The molecule has 0 radical (unpaired) electrons. The van der Waals surface area contributed by atoms with Crippen molar-refractivity contribution >= 4 is 11.8 Å². The van der Waals surface area contributed by atoms with Gasteiger partial charge >= 0.3 is 0 Å². The number of hydrogen-bond donors (Lipinski definition) is 2. The predicted octanol–water partition coefficient (Wildman–Crippen LogP) is 1.54. The maximum atomic E-state index is 13.6. The Labute approximate surface area is 157 Å². The Bertz CT molecular complexity index is 813. The third kappa shape index (κ3) is 5.10. The van der Waals surface area contributed by atoms with Gasteiger partial charge in [-0.2, -0.15) is 0 Å². The van der Waals surface area contributed by atoms with E-state index in [9.17, 15) is 14.0 Å². The number of benzene rings is 1. The smallest absolute Gasteiger partial charge is 0.237 e.